The topological polar surface area (TPSA) is 46.9 Å². The summed E-state index contributed by atoms with van der Waals surface area (Å²) in [6.45, 7) is 9.54. The number of hydrogen-bond donors (Lipinski definition) is 3. The lowest BCUT2D eigenvalue weighted by Crippen LogP contribution is -2.26. The van der Waals surface area contributed by atoms with Gasteiger partial charge in [-0.05, 0) is 67.2 Å². The lowest BCUT2D eigenvalue weighted by molar-refractivity contribution is 0.522. The zero-order valence-corrected chi connectivity index (χ0v) is 19.4. The molecule has 2 aromatic heterocycles. The Kier molecular flexibility index (Phi) is 10.4. The van der Waals surface area contributed by atoms with E-state index in [4.69, 9.17) is 4.32 Å². The number of hydrogen-bond acceptors (Lipinski definition) is 2. The average Bonchev–Trinajstić information content (AvgIpc) is 3.59. The Morgan fingerprint density at radius 2 is 1.91 bits per heavy atom. The molecule has 1 atom stereocenters. The summed E-state index contributed by atoms with van der Waals surface area (Å²) in [6, 6.07) is 8.69. The van der Waals surface area contributed by atoms with Crippen molar-refractivity contribution in [2.45, 2.75) is 52.5 Å². The SMILES string of the molecule is CC(C)C1C=C/C(=C/c2ccc[nH]2)N1.CC(C)c1ccc(/C=C2/CCCN2[B]F)[nH]1.[B]F. The Morgan fingerprint density at radius 1 is 1.12 bits per heavy atom. The van der Waals surface area contributed by atoms with Crippen molar-refractivity contribution in [3.8, 4) is 0 Å². The molecule has 4 nitrogen and oxygen atoms in total. The molecule has 4 heterocycles. The van der Waals surface area contributed by atoms with Gasteiger partial charge in [0.05, 0.1) is 0 Å². The average molecular weight is 437 g/mol. The van der Waals surface area contributed by atoms with Crippen LogP contribution in [0, 0.1) is 5.92 Å². The lowest BCUT2D eigenvalue weighted by atomic mass is 10.1. The van der Waals surface area contributed by atoms with E-state index in [0.717, 1.165) is 36.5 Å². The molecule has 1 fully saturated rings. The molecule has 32 heavy (non-hydrogen) atoms. The quantitative estimate of drug-likeness (QED) is 0.529. The van der Waals surface area contributed by atoms with Gasteiger partial charge in [0.2, 0.25) is 0 Å². The van der Waals surface area contributed by atoms with Crippen LogP contribution in [0.4, 0.5) is 8.63 Å². The number of aromatic nitrogens is 2. The van der Waals surface area contributed by atoms with Crippen molar-refractivity contribution < 1.29 is 8.63 Å². The smallest absolute Gasteiger partial charge is 0.392 e. The van der Waals surface area contributed by atoms with E-state index in [1.165, 1.54) is 11.4 Å². The fourth-order valence-electron chi connectivity index (χ4n) is 3.59. The molecule has 0 saturated carbocycles. The van der Waals surface area contributed by atoms with Crippen molar-refractivity contribution >= 4 is 28.0 Å². The van der Waals surface area contributed by atoms with Gasteiger partial charge >= 0.3 is 15.8 Å². The molecule has 0 bridgehead atoms. The molecule has 4 rings (SSSR count). The Labute approximate surface area is 193 Å². The van der Waals surface area contributed by atoms with Crippen LogP contribution in [0.25, 0.3) is 12.2 Å². The molecule has 1 saturated heterocycles. The van der Waals surface area contributed by atoms with Crippen molar-refractivity contribution in [3.05, 3.63) is 71.1 Å². The summed E-state index contributed by atoms with van der Waals surface area (Å²) < 4.78 is 21.5. The first-order valence-corrected chi connectivity index (χ1v) is 11.1. The summed E-state index contributed by atoms with van der Waals surface area (Å²) in [4.78, 5) is 8.18. The van der Waals surface area contributed by atoms with Crippen molar-refractivity contribution in [2.24, 2.45) is 5.92 Å². The van der Waals surface area contributed by atoms with Gasteiger partial charge in [-0.1, -0.05) is 33.8 Å². The van der Waals surface area contributed by atoms with Crippen LogP contribution >= 0.6 is 0 Å². The van der Waals surface area contributed by atoms with Gasteiger partial charge in [-0.25, -0.2) is 0 Å². The van der Waals surface area contributed by atoms with Gasteiger partial charge in [0.25, 0.3) is 0 Å². The Bertz CT molecular complexity index is 886. The van der Waals surface area contributed by atoms with Crippen LogP contribution < -0.4 is 5.32 Å². The maximum absolute atomic E-state index is 12.5. The molecule has 1 unspecified atom stereocenters. The summed E-state index contributed by atoms with van der Waals surface area (Å²) in [5, 5.41) is 3.46. The highest BCUT2D eigenvalue weighted by Crippen LogP contribution is 2.23. The van der Waals surface area contributed by atoms with Crippen LogP contribution in [0.5, 0.6) is 0 Å². The van der Waals surface area contributed by atoms with E-state index >= 15 is 0 Å². The van der Waals surface area contributed by atoms with Crippen molar-refractivity contribution in [1.82, 2.24) is 20.1 Å². The van der Waals surface area contributed by atoms with Gasteiger partial charge in [0, 0.05) is 47.3 Å². The maximum Gasteiger partial charge on any atom is 0.490 e. The number of aromatic amines is 2. The molecule has 2 aromatic rings. The molecule has 169 valence electrons. The van der Waals surface area contributed by atoms with E-state index < -0.39 is 0 Å². The third-order valence-corrected chi connectivity index (χ3v) is 5.46. The molecule has 3 N–H and O–H groups in total. The van der Waals surface area contributed by atoms with E-state index in [0.29, 0.717) is 25.6 Å². The molecule has 2 aliphatic rings. The first kappa shape index (κ1) is 25.6. The van der Waals surface area contributed by atoms with Crippen LogP contribution in [0.3, 0.4) is 0 Å². The Hall–Kier alpha value is -2.63. The molecule has 8 heteroatoms. The van der Waals surface area contributed by atoms with Crippen LogP contribution in [0.1, 0.15) is 63.5 Å². The van der Waals surface area contributed by atoms with E-state index in [2.05, 4.69) is 87.5 Å². The van der Waals surface area contributed by atoms with Gasteiger partial charge in [-0.2, -0.15) is 0 Å². The maximum atomic E-state index is 12.5. The number of H-pyrrole nitrogens is 2. The van der Waals surface area contributed by atoms with Crippen LogP contribution in [-0.4, -0.2) is 43.2 Å². The number of nitrogens with zero attached hydrogens (tertiary/aromatic N) is 1. The highest BCUT2D eigenvalue weighted by Gasteiger charge is 2.18. The van der Waals surface area contributed by atoms with E-state index in [-0.39, 0.29) is 0 Å². The minimum Gasteiger partial charge on any atom is -0.392 e. The van der Waals surface area contributed by atoms with Crippen molar-refractivity contribution in [1.29, 1.82) is 0 Å². The monoisotopic (exact) mass is 437 g/mol. The van der Waals surface area contributed by atoms with Crippen LogP contribution in [-0.2, 0) is 0 Å². The molecule has 0 aromatic carbocycles. The summed E-state index contributed by atoms with van der Waals surface area (Å²) >= 11 is 0. The van der Waals surface area contributed by atoms with Gasteiger partial charge in [0.1, 0.15) is 0 Å². The first-order chi connectivity index (χ1) is 15.5. The Morgan fingerprint density at radius 3 is 2.47 bits per heavy atom. The second kappa shape index (κ2) is 13.0. The fourth-order valence-corrected chi connectivity index (χ4v) is 3.59. The zero-order valence-electron chi connectivity index (χ0n) is 19.4. The second-order valence-electron chi connectivity index (χ2n) is 8.55. The van der Waals surface area contributed by atoms with E-state index in [9.17, 15) is 4.32 Å². The molecular formula is C24H33B2F2N4. The van der Waals surface area contributed by atoms with Crippen molar-refractivity contribution in [3.63, 3.8) is 0 Å². The second-order valence-corrected chi connectivity index (χ2v) is 8.55. The van der Waals surface area contributed by atoms with Crippen LogP contribution in [0.2, 0.25) is 0 Å². The predicted octanol–water partition coefficient (Wildman–Crippen LogP) is 5.66. The Balaban J connectivity index is 0.000000212. The standard InChI is InChI=1S/C12H17BFN2.C12H16N2.BF/c1-9(2)12-6-5-10(15-12)8-11-4-3-7-16(11)13-14;1-9(2)12-6-5-11(14-12)8-10-4-3-7-13-10;1-2/h5-6,8-9,15H,3-4,7H2,1-2H3;3-9,12-14H,1-2H3;/b2*11-8-;. The highest BCUT2D eigenvalue weighted by molar-refractivity contribution is 6.23. The number of rotatable bonds is 5. The van der Waals surface area contributed by atoms with Gasteiger partial charge < -0.3 is 28.7 Å². The molecule has 0 amide bonds. The number of allylic oxidation sites excluding steroid dienone is 2. The summed E-state index contributed by atoms with van der Waals surface area (Å²) in [6.07, 6.45) is 12.4. The normalized spacial score (nSPS) is 19.8. The summed E-state index contributed by atoms with van der Waals surface area (Å²) in [5.74, 6) is 1.14. The third-order valence-electron chi connectivity index (χ3n) is 5.46. The largest absolute Gasteiger partial charge is 0.490 e. The number of nitrogens with one attached hydrogen (secondary N) is 3. The molecule has 3 radical (unpaired) electrons. The van der Waals surface area contributed by atoms with Gasteiger partial charge in [-0.3, -0.25) is 0 Å². The van der Waals surface area contributed by atoms with E-state index in [1.807, 2.05) is 18.3 Å². The summed E-state index contributed by atoms with van der Waals surface area (Å²) in [7, 11) is 3.67. The molecule has 0 aliphatic carbocycles. The molecule has 2 aliphatic heterocycles. The fraction of sp³-hybridized carbons (Fsp3) is 0.417. The third kappa shape index (κ3) is 7.50. The molecule has 0 spiro atoms. The minimum absolute atomic E-state index is 0.483. The first-order valence-electron chi connectivity index (χ1n) is 11.1. The lowest BCUT2D eigenvalue weighted by Gasteiger charge is -2.14. The van der Waals surface area contributed by atoms with Gasteiger partial charge in [-0.15, -0.1) is 0 Å². The predicted molar refractivity (Wildman–Crippen MR) is 132 cm³/mol. The van der Waals surface area contributed by atoms with Crippen molar-refractivity contribution in [2.75, 3.05) is 6.54 Å². The summed E-state index contributed by atoms with van der Waals surface area (Å²) in [5.41, 5.74) is 5.67. The highest BCUT2D eigenvalue weighted by atomic mass is 19.1. The van der Waals surface area contributed by atoms with E-state index in [1.54, 1.807) is 4.81 Å². The van der Waals surface area contributed by atoms with Gasteiger partial charge in [0.15, 0.2) is 0 Å². The number of halogens is 2. The zero-order chi connectivity index (χ0) is 23.5. The molecular weight excluding hydrogens is 404 g/mol. The van der Waals surface area contributed by atoms with Crippen LogP contribution in [0.15, 0.2) is 54.0 Å². The minimum atomic E-state index is 0.483.